The minimum Gasteiger partial charge on any atom is -0.444 e. The Hall–Kier alpha value is -1.63. The van der Waals surface area contributed by atoms with Crippen molar-refractivity contribution in [1.29, 1.82) is 0 Å². The zero-order valence-corrected chi connectivity index (χ0v) is 14.1. The van der Waals surface area contributed by atoms with Crippen molar-refractivity contribution in [3.05, 3.63) is 11.7 Å². The van der Waals surface area contributed by atoms with Crippen LogP contribution in [0.3, 0.4) is 0 Å². The molecule has 1 aromatic rings. The number of nitrogens with zero attached hydrogens (tertiary/aromatic N) is 3. The molecule has 0 N–H and O–H groups in total. The highest BCUT2D eigenvalue weighted by atomic mass is 16.6. The molecule has 0 bridgehead atoms. The number of carbonyl (C=O) groups excluding carboxylic acids is 1. The maximum absolute atomic E-state index is 11.9. The summed E-state index contributed by atoms with van der Waals surface area (Å²) in [5, 5.41) is 4.11. The van der Waals surface area contributed by atoms with Crippen LogP contribution < -0.4 is 0 Å². The topological polar surface area (TPSA) is 77.7 Å². The van der Waals surface area contributed by atoms with Crippen LogP contribution in [0.5, 0.6) is 0 Å². The number of aromatic nitrogens is 2. The van der Waals surface area contributed by atoms with Crippen molar-refractivity contribution in [3.8, 4) is 0 Å². The molecule has 0 saturated carbocycles. The SMILES string of the molecule is CC(C)(C)OC(=O)N1CC(Cc2nc(C3CCOCC3)no2)C1. The van der Waals surface area contributed by atoms with Gasteiger partial charge in [-0.3, -0.25) is 0 Å². The van der Waals surface area contributed by atoms with Gasteiger partial charge in [0.2, 0.25) is 5.89 Å². The lowest BCUT2D eigenvalue weighted by Gasteiger charge is -2.39. The summed E-state index contributed by atoms with van der Waals surface area (Å²) >= 11 is 0. The third-order valence-corrected chi connectivity index (χ3v) is 4.14. The van der Waals surface area contributed by atoms with E-state index in [0.717, 1.165) is 38.3 Å². The second kappa shape index (κ2) is 6.47. The van der Waals surface area contributed by atoms with E-state index in [0.29, 0.717) is 30.8 Å². The number of ether oxygens (including phenoxy) is 2. The minimum absolute atomic E-state index is 0.248. The predicted molar refractivity (Wildman–Crippen MR) is 82.1 cm³/mol. The van der Waals surface area contributed by atoms with E-state index in [4.69, 9.17) is 14.0 Å². The summed E-state index contributed by atoms with van der Waals surface area (Å²) in [6.07, 6.45) is 2.38. The summed E-state index contributed by atoms with van der Waals surface area (Å²) in [5.74, 6) is 2.18. The first kappa shape index (κ1) is 16.2. The average molecular weight is 323 g/mol. The highest BCUT2D eigenvalue weighted by molar-refractivity contribution is 5.69. The van der Waals surface area contributed by atoms with E-state index in [9.17, 15) is 4.79 Å². The van der Waals surface area contributed by atoms with Gasteiger partial charge in [-0.05, 0) is 33.6 Å². The van der Waals surface area contributed by atoms with Gasteiger partial charge < -0.3 is 18.9 Å². The van der Waals surface area contributed by atoms with E-state index in [1.54, 1.807) is 4.90 Å². The molecule has 1 amide bonds. The highest BCUT2D eigenvalue weighted by Crippen LogP contribution is 2.26. The second-order valence-corrected chi connectivity index (χ2v) is 7.39. The Kier molecular flexibility index (Phi) is 4.57. The summed E-state index contributed by atoms with van der Waals surface area (Å²) in [6.45, 7) is 8.52. The Morgan fingerprint density at radius 2 is 2.00 bits per heavy atom. The van der Waals surface area contributed by atoms with Gasteiger partial charge in [-0.2, -0.15) is 4.98 Å². The third-order valence-electron chi connectivity index (χ3n) is 4.14. The van der Waals surface area contributed by atoms with Gasteiger partial charge in [-0.15, -0.1) is 0 Å². The summed E-state index contributed by atoms with van der Waals surface area (Å²) in [4.78, 5) is 18.1. The van der Waals surface area contributed by atoms with E-state index in [2.05, 4.69) is 10.1 Å². The molecule has 23 heavy (non-hydrogen) atoms. The van der Waals surface area contributed by atoms with Crippen LogP contribution in [0, 0.1) is 5.92 Å². The quantitative estimate of drug-likeness (QED) is 0.850. The zero-order valence-electron chi connectivity index (χ0n) is 14.1. The lowest BCUT2D eigenvalue weighted by Crippen LogP contribution is -2.52. The van der Waals surface area contributed by atoms with Crippen molar-refractivity contribution in [2.24, 2.45) is 5.92 Å². The van der Waals surface area contributed by atoms with E-state index in [1.165, 1.54) is 0 Å². The van der Waals surface area contributed by atoms with Gasteiger partial charge in [0.15, 0.2) is 5.82 Å². The summed E-state index contributed by atoms with van der Waals surface area (Å²) in [6, 6.07) is 0. The molecule has 0 unspecified atom stereocenters. The van der Waals surface area contributed by atoms with Gasteiger partial charge in [0, 0.05) is 44.6 Å². The molecule has 2 fully saturated rings. The molecular formula is C16H25N3O4. The van der Waals surface area contributed by atoms with Crippen LogP contribution in [0.1, 0.15) is 51.2 Å². The number of hydrogen-bond donors (Lipinski definition) is 0. The lowest BCUT2D eigenvalue weighted by molar-refractivity contribution is -0.00187. The van der Waals surface area contributed by atoms with Crippen molar-refractivity contribution >= 4 is 6.09 Å². The molecule has 128 valence electrons. The first-order valence-corrected chi connectivity index (χ1v) is 8.29. The van der Waals surface area contributed by atoms with Gasteiger partial charge in [-0.25, -0.2) is 4.79 Å². The Labute approximate surface area is 136 Å². The smallest absolute Gasteiger partial charge is 0.410 e. The molecule has 0 spiro atoms. The molecule has 7 nitrogen and oxygen atoms in total. The van der Waals surface area contributed by atoms with Crippen LogP contribution in [0.15, 0.2) is 4.52 Å². The highest BCUT2D eigenvalue weighted by Gasteiger charge is 2.35. The maximum atomic E-state index is 11.9. The minimum atomic E-state index is -0.451. The molecule has 7 heteroatoms. The van der Waals surface area contributed by atoms with Crippen molar-refractivity contribution in [2.75, 3.05) is 26.3 Å². The molecule has 0 aromatic carbocycles. The van der Waals surface area contributed by atoms with Gasteiger partial charge in [-0.1, -0.05) is 5.16 Å². The molecule has 2 saturated heterocycles. The van der Waals surface area contributed by atoms with Crippen LogP contribution in [0.2, 0.25) is 0 Å². The lowest BCUT2D eigenvalue weighted by atomic mass is 9.96. The number of carbonyl (C=O) groups is 1. The fraction of sp³-hybridized carbons (Fsp3) is 0.812. The fourth-order valence-electron chi connectivity index (χ4n) is 2.89. The predicted octanol–water partition coefficient (Wildman–Crippen LogP) is 2.37. The summed E-state index contributed by atoms with van der Waals surface area (Å²) in [5.41, 5.74) is -0.451. The Morgan fingerprint density at radius 3 is 2.65 bits per heavy atom. The Balaban J connectivity index is 1.45. The number of hydrogen-bond acceptors (Lipinski definition) is 6. The molecule has 3 heterocycles. The van der Waals surface area contributed by atoms with Gasteiger partial charge in [0.05, 0.1) is 0 Å². The summed E-state index contributed by atoms with van der Waals surface area (Å²) < 4.78 is 16.1. The van der Waals surface area contributed by atoms with E-state index in [-0.39, 0.29) is 6.09 Å². The van der Waals surface area contributed by atoms with E-state index < -0.39 is 5.60 Å². The van der Waals surface area contributed by atoms with Gasteiger partial charge >= 0.3 is 6.09 Å². The van der Waals surface area contributed by atoms with Crippen LogP contribution in [-0.4, -0.2) is 53.0 Å². The van der Waals surface area contributed by atoms with Crippen molar-refractivity contribution < 1.29 is 18.8 Å². The molecule has 0 atom stereocenters. The molecule has 0 aliphatic carbocycles. The van der Waals surface area contributed by atoms with Crippen LogP contribution in [0.4, 0.5) is 4.79 Å². The molecular weight excluding hydrogens is 298 g/mol. The number of likely N-dealkylation sites (tertiary alicyclic amines) is 1. The largest absolute Gasteiger partial charge is 0.444 e. The van der Waals surface area contributed by atoms with Crippen LogP contribution in [-0.2, 0) is 15.9 Å². The molecule has 0 radical (unpaired) electrons. The fourth-order valence-corrected chi connectivity index (χ4v) is 2.89. The molecule has 2 aliphatic heterocycles. The first-order valence-electron chi connectivity index (χ1n) is 8.29. The Morgan fingerprint density at radius 1 is 1.30 bits per heavy atom. The van der Waals surface area contributed by atoms with Gasteiger partial charge in [0.1, 0.15) is 5.60 Å². The first-order chi connectivity index (χ1) is 10.9. The summed E-state index contributed by atoms with van der Waals surface area (Å²) in [7, 11) is 0. The Bertz CT molecular complexity index is 540. The maximum Gasteiger partial charge on any atom is 0.410 e. The monoisotopic (exact) mass is 323 g/mol. The van der Waals surface area contributed by atoms with Crippen molar-refractivity contribution in [2.45, 2.75) is 51.6 Å². The zero-order chi connectivity index (χ0) is 16.4. The number of amides is 1. The van der Waals surface area contributed by atoms with Crippen LogP contribution in [0.25, 0.3) is 0 Å². The number of rotatable bonds is 3. The molecule has 1 aromatic heterocycles. The molecule has 3 rings (SSSR count). The average Bonchev–Trinajstić information content (AvgIpc) is 2.90. The van der Waals surface area contributed by atoms with E-state index in [1.807, 2.05) is 20.8 Å². The molecule has 2 aliphatic rings. The second-order valence-electron chi connectivity index (χ2n) is 7.39. The normalized spacial score (nSPS) is 20.4. The van der Waals surface area contributed by atoms with Crippen molar-refractivity contribution in [1.82, 2.24) is 15.0 Å². The van der Waals surface area contributed by atoms with E-state index >= 15 is 0 Å². The van der Waals surface area contributed by atoms with Crippen molar-refractivity contribution in [3.63, 3.8) is 0 Å². The standard InChI is InChI=1S/C16H25N3O4/c1-16(2,3)22-15(20)19-9-11(10-19)8-13-17-14(18-23-13)12-4-6-21-7-5-12/h11-12H,4-10H2,1-3H3. The van der Waals surface area contributed by atoms with Gasteiger partial charge in [0.25, 0.3) is 0 Å². The third kappa shape index (κ3) is 4.22. The van der Waals surface area contributed by atoms with Crippen LogP contribution >= 0.6 is 0 Å².